The topological polar surface area (TPSA) is 78.3 Å². The largest absolute Gasteiger partial charge is 0.494 e. The molecule has 0 saturated heterocycles. The Hall–Kier alpha value is -3.33. The van der Waals surface area contributed by atoms with E-state index >= 15 is 0 Å². The first kappa shape index (κ1) is 18.1. The highest BCUT2D eigenvalue weighted by Crippen LogP contribution is 2.27. The molecular weight excluding hydrogens is 370 g/mol. The van der Waals surface area contributed by atoms with Gasteiger partial charge in [-0.25, -0.2) is 13.5 Å². The van der Waals surface area contributed by atoms with E-state index in [9.17, 15) is 13.6 Å². The second kappa shape index (κ2) is 7.35. The van der Waals surface area contributed by atoms with Crippen molar-refractivity contribution in [2.24, 2.45) is 0 Å². The van der Waals surface area contributed by atoms with E-state index < -0.39 is 11.7 Å². The van der Waals surface area contributed by atoms with Crippen LogP contribution in [-0.2, 0) is 17.9 Å². The Morgan fingerprint density at radius 3 is 2.75 bits per heavy atom. The van der Waals surface area contributed by atoms with Crippen LogP contribution < -0.4 is 10.1 Å². The number of aromatic nitrogens is 3. The van der Waals surface area contributed by atoms with Crippen molar-refractivity contribution in [2.75, 3.05) is 12.4 Å². The summed E-state index contributed by atoms with van der Waals surface area (Å²) >= 11 is 0. The number of carbonyl (C=O) groups excluding carboxylic acids is 1. The lowest BCUT2D eigenvalue weighted by Gasteiger charge is -2.24. The average molecular weight is 386 g/mol. The molecule has 1 amide bonds. The molecule has 1 N–H and O–H groups in total. The standard InChI is InChI=1S/C19H16F2N4O3/c1-27-16-7-6-13(8-14(16)21)22-19(26)18-15-10-28-17(9-25(15)24-23-18)11-2-4-12(20)5-3-11/h2-8,17H,9-10H2,1H3,(H,22,26)/t17-/m1/s1. The van der Waals surface area contributed by atoms with E-state index in [4.69, 9.17) is 9.47 Å². The van der Waals surface area contributed by atoms with Crippen LogP contribution in [0.5, 0.6) is 5.75 Å². The van der Waals surface area contributed by atoms with Crippen LogP contribution in [0.15, 0.2) is 42.5 Å². The number of nitrogens with zero attached hydrogens (tertiary/aromatic N) is 3. The molecule has 1 atom stereocenters. The molecule has 0 bridgehead atoms. The van der Waals surface area contributed by atoms with Crippen LogP contribution in [0.25, 0.3) is 0 Å². The van der Waals surface area contributed by atoms with Crippen molar-refractivity contribution in [3.05, 3.63) is 71.1 Å². The first-order valence-corrected chi connectivity index (χ1v) is 8.49. The molecule has 1 aromatic heterocycles. The van der Waals surface area contributed by atoms with Gasteiger partial charge < -0.3 is 14.8 Å². The minimum Gasteiger partial charge on any atom is -0.494 e. The first-order valence-electron chi connectivity index (χ1n) is 8.49. The molecule has 3 aromatic rings. The number of halogens is 2. The molecule has 2 aromatic carbocycles. The number of benzene rings is 2. The highest BCUT2D eigenvalue weighted by molar-refractivity contribution is 6.03. The van der Waals surface area contributed by atoms with Gasteiger partial charge in [-0.3, -0.25) is 4.79 Å². The van der Waals surface area contributed by atoms with Crippen LogP contribution >= 0.6 is 0 Å². The fourth-order valence-corrected chi connectivity index (χ4v) is 3.00. The van der Waals surface area contributed by atoms with E-state index in [1.807, 2.05) is 0 Å². The molecule has 4 rings (SSSR count). The summed E-state index contributed by atoms with van der Waals surface area (Å²) in [5.74, 6) is -1.35. The van der Waals surface area contributed by atoms with E-state index in [2.05, 4.69) is 15.6 Å². The lowest BCUT2D eigenvalue weighted by atomic mass is 10.1. The van der Waals surface area contributed by atoms with Crippen LogP contribution in [0.1, 0.15) is 27.8 Å². The predicted molar refractivity (Wildman–Crippen MR) is 94.9 cm³/mol. The zero-order chi connectivity index (χ0) is 19.7. The summed E-state index contributed by atoms with van der Waals surface area (Å²) in [6.45, 7) is 0.465. The molecule has 0 fully saturated rings. The van der Waals surface area contributed by atoms with Gasteiger partial charge in [0.15, 0.2) is 17.3 Å². The van der Waals surface area contributed by atoms with Crippen molar-refractivity contribution in [3.8, 4) is 5.75 Å². The van der Waals surface area contributed by atoms with E-state index in [0.717, 1.165) is 11.6 Å². The van der Waals surface area contributed by atoms with Crippen molar-refractivity contribution < 1.29 is 23.0 Å². The summed E-state index contributed by atoms with van der Waals surface area (Å²) in [4.78, 5) is 12.5. The zero-order valence-corrected chi connectivity index (χ0v) is 14.9. The molecule has 1 aliphatic heterocycles. The van der Waals surface area contributed by atoms with Gasteiger partial charge in [0, 0.05) is 11.8 Å². The maximum Gasteiger partial charge on any atom is 0.278 e. The van der Waals surface area contributed by atoms with Gasteiger partial charge in [-0.05, 0) is 29.8 Å². The number of methoxy groups -OCH3 is 1. The Morgan fingerprint density at radius 2 is 2.04 bits per heavy atom. The first-order chi connectivity index (χ1) is 13.5. The molecule has 144 valence electrons. The molecule has 7 nitrogen and oxygen atoms in total. The third-order valence-electron chi connectivity index (χ3n) is 4.46. The number of carbonyl (C=O) groups is 1. The number of rotatable bonds is 4. The smallest absolute Gasteiger partial charge is 0.278 e. The van der Waals surface area contributed by atoms with Gasteiger partial charge in [-0.15, -0.1) is 5.10 Å². The van der Waals surface area contributed by atoms with Gasteiger partial charge >= 0.3 is 0 Å². The number of amides is 1. The lowest BCUT2D eigenvalue weighted by molar-refractivity contribution is -0.00174. The van der Waals surface area contributed by atoms with E-state index in [-0.39, 0.29) is 35.7 Å². The zero-order valence-electron chi connectivity index (χ0n) is 14.9. The van der Waals surface area contributed by atoms with Gasteiger partial charge in [-0.2, -0.15) is 0 Å². The molecule has 2 heterocycles. The summed E-state index contributed by atoms with van der Waals surface area (Å²) < 4.78 is 39.1. The Labute approximate surface area is 158 Å². The van der Waals surface area contributed by atoms with Crippen molar-refractivity contribution in [2.45, 2.75) is 19.3 Å². The van der Waals surface area contributed by atoms with Gasteiger partial charge in [0.25, 0.3) is 5.91 Å². The molecule has 0 spiro atoms. The number of hydrogen-bond acceptors (Lipinski definition) is 5. The molecule has 9 heteroatoms. The van der Waals surface area contributed by atoms with E-state index in [1.165, 1.54) is 31.4 Å². The fourth-order valence-electron chi connectivity index (χ4n) is 3.00. The Kier molecular flexibility index (Phi) is 4.74. The summed E-state index contributed by atoms with van der Waals surface area (Å²) in [6.07, 6.45) is -0.318. The number of anilines is 1. The molecule has 1 aliphatic rings. The Balaban J connectivity index is 1.50. The van der Waals surface area contributed by atoms with E-state index in [0.29, 0.717) is 12.2 Å². The van der Waals surface area contributed by atoms with Crippen LogP contribution in [0, 0.1) is 11.6 Å². The van der Waals surface area contributed by atoms with Crippen molar-refractivity contribution in [1.29, 1.82) is 0 Å². The second-order valence-corrected chi connectivity index (χ2v) is 6.22. The number of ether oxygens (including phenoxy) is 2. The average Bonchev–Trinajstić information content (AvgIpc) is 3.12. The normalized spacial score (nSPS) is 15.8. The maximum absolute atomic E-state index is 13.8. The third kappa shape index (κ3) is 3.44. The van der Waals surface area contributed by atoms with E-state index in [1.54, 1.807) is 16.8 Å². The molecule has 28 heavy (non-hydrogen) atoms. The van der Waals surface area contributed by atoms with Crippen LogP contribution in [0.4, 0.5) is 14.5 Å². The molecular formula is C19H16F2N4O3. The minimum atomic E-state index is -0.587. The quantitative estimate of drug-likeness (QED) is 0.746. The number of nitrogens with one attached hydrogen (secondary N) is 1. The third-order valence-corrected chi connectivity index (χ3v) is 4.46. The minimum absolute atomic E-state index is 0.0827. The fraction of sp³-hybridized carbons (Fsp3) is 0.211. The summed E-state index contributed by atoms with van der Waals surface area (Å²) in [7, 11) is 1.36. The monoisotopic (exact) mass is 386 g/mol. The summed E-state index contributed by atoms with van der Waals surface area (Å²) in [6, 6.07) is 10.1. The molecule has 0 saturated carbocycles. The van der Waals surface area contributed by atoms with Crippen molar-refractivity contribution >= 4 is 11.6 Å². The second-order valence-electron chi connectivity index (χ2n) is 6.22. The summed E-state index contributed by atoms with van der Waals surface area (Å²) in [5, 5.41) is 10.5. The predicted octanol–water partition coefficient (Wildman–Crippen LogP) is 3.09. The van der Waals surface area contributed by atoms with Gasteiger partial charge in [0.1, 0.15) is 11.9 Å². The molecule has 0 unspecified atom stereocenters. The van der Waals surface area contributed by atoms with Crippen molar-refractivity contribution in [1.82, 2.24) is 15.0 Å². The summed E-state index contributed by atoms with van der Waals surface area (Å²) in [5.41, 5.74) is 1.70. The van der Waals surface area contributed by atoms with Crippen LogP contribution in [0.3, 0.4) is 0 Å². The highest BCUT2D eigenvalue weighted by Gasteiger charge is 2.28. The molecule has 0 aliphatic carbocycles. The number of fused-ring (bicyclic) bond motifs is 1. The Bertz CT molecular complexity index is 1020. The molecule has 0 radical (unpaired) electrons. The SMILES string of the molecule is COc1ccc(NC(=O)c2nnn3c2CO[C@@H](c2ccc(F)cc2)C3)cc1F. The van der Waals surface area contributed by atoms with Gasteiger partial charge in [0.2, 0.25) is 0 Å². The van der Waals surface area contributed by atoms with Crippen LogP contribution in [0.2, 0.25) is 0 Å². The van der Waals surface area contributed by atoms with Gasteiger partial charge in [0.05, 0.1) is 26.0 Å². The Morgan fingerprint density at radius 1 is 1.25 bits per heavy atom. The number of hydrogen-bond donors (Lipinski definition) is 1. The lowest BCUT2D eigenvalue weighted by Crippen LogP contribution is -2.24. The van der Waals surface area contributed by atoms with Crippen LogP contribution in [-0.4, -0.2) is 28.0 Å². The highest BCUT2D eigenvalue weighted by atomic mass is 19.1. The maximum atomic E-state index is 13.8. The van der Waals surface area contributed by atoms with Gasteiger partial charge in [-0.1, -0.05) is 17.3 Å². The van der Waals surface area contributed by atoms with Crippen molar-refractivity contribution in [3.63, 3.8) is 0 Å².